The Balaban J connectivity index is 1.95. The highest BCUT2D eigenvalue weighted by Crippen LogP contribution is 2.18. The highest BCUT2D eigenvalue weighted by atomic mass is 16.4. The van der Waals surface area contributed by atoms with Gasteiger partial charge in [0.2, 0.25) is 5.91 Å². The number of carbonyl (C=O) groups excluding carboxylic acids is 1. The van der Waals surface area contributed by atoms with Gasteiger partial charge in [0.25, 0.3) is 0 Å². The standard InChI is InChI=1S/C10H18N2O3/c1-7(10(14)15)11-6-2-3-9(13)12-8-4-5-8/h7-8,11H,2-6H2,1H3,(H,12,13)(H,14,15). The lowest BCUT2D eigenvalue weighted by atomic mass is 10.2. The topological polar surface area (TPSA) is 78.4 Å². The Bertz CT molecular complexity index is 239. The predicted molar refractivity (Wildman–Crippen MR) is 55.5 cm³/mol. The molecule has 0 aliphatic heterocycles. The maximum Gasteiger partial charge on any atom is 0.320 e. The lowest BCUT2D eigenvalue weighted by molar-refractivity contribution is -0.138. The van der Waals surface area contributed by atoms with Crippen LogP contribution in [0.3, 0.4) is 0 Å². The van der Waals surface area contributed by atoms with Gasteiger partial charge in [-0.2, -0.15) is 0 Å². The summed E-state index contributed by atoms with van der Waals surface area (Å²) >= 11 is 0. The fourth-order valence-electron chi connectivity index (χ4n) is 1.18. The van der Waals surface area contributed by atoms with Crippen molar-refractivity contribution in [2.24, 2.45) is 0 Å². The first-order valence-electron chi connectivity index (χ1n) is 5.35. The van der Waals surface area contributed by atoms with Crippen LogP contribution in [0, 0.1) is 0 Å². The van der Waals surface area contributed by atoms with Crippen molar-refractivity contribution in [1.29, 1.82) is 0 Å². The van der Waals surface area contributed by atoms with Gasteiger partial charge in [0.15, 0.2) is 0 Å². The molecule has 0 aromatic heterocycles. The summed E-state index contributed by atoms with van der Waals surface area (Å²) in [6.45, 7) is 2.15. The third kappa shape index (κ3) is 5.37. The lowest BCUT2D eigenvalue weighted by Gasteiger charge is -2.08. The molecule has 0 spiro atoms. The van der Waals surface area contributed by atoms with Crippen LogP contribution in [-0.4, -0.2) is 35.6 Å². The van der Waals surface area contributed by atoms with Gasteiger partial charge in [0, 0.05) is 12.5 Å². The Morgan fingerprint density at radius 1 is 1.47 bits per heavy atom. The number of hydrogen-bond donors (Lipinski definition) is 3. The zero-order valence-corrected chi connectivity index (χ0v) is 8.95. The summed E-state index contributed by atoms with van der Waals surface area (Å²) in [7, 11) is 0. The molecule has 1 saturated carbocycles. The summed E-state index contributed by atoms with van der Waals surface area (Å²) in [5.74, 6) is -0.792. The Kier molecular flexibility index (Phi) is 4.55. The van der Waals surface area contributed by atoms with E-state index in [9.17, 15) is 9.59 Å². The minimum Gasteiger partial charge on any atom is -0.480 e. The fourth-order valence-corrected chi connectivity index (χ4v) is 1.18. The van der Waals surface area contributed by atoms with Crippen LogP contribution < -0.4 is 10.6 Å². The van der Waals surface area contributed by atoms with Gasteiger partial charge in [-0.15, -0.1) is 0 Å². The number of amides is 1. The van der Waals surface area contributed by atoms with Crippen LogP contribution in [-0.2, 0) is 9.59 Å². The van der Waals surface area contributed by atoms with Gasteiger partial charge in [-0.25, -0.2) is 0 Å². The molecule has 0 heterocycles. The normalized spacial score (nSPS) is 17.1. The summed E-state index contributed by atoms with van der Waals surface area (Å²) in [4.78, 5) is 21.7. The van der Waals surface area contributed by atoms with Crippen molar-refractivity contribution >= 4 is 11.9 Å². The SMILES string of the molecule is CC(NCCCC(=O)NC1CC1)C(=O)O. The van der Waals surface area contributed by atoms with Crippen LogP contribution in [0.2, 0.25) is 0 Å². The van der Waals surface area contributed by atoms with Gasteiger partial charge in [-0.1, -0.05) is 0 Å². The van der Waals surface area contributed by atoms with Crippen LogP contribution in [0.15, 0.2) is 0 Å². The van der Waals surface area contributed by atoms with Crippen molar-refractivity contribution in [3.63, 3.8) is 0 Å². The molecule has 15 heavy (non-hydrogen) atoms. The number of carbonyl (C=O) groups is 2. The summed E-state index contributed by atoms with van der Waals surface area (Å²) in [5, 5.41) is 14.3. The minimum atomic E-state index is -0.863. The fraction of sp³-hybridized carbons (Fsp3) is 0.800. The van der Waals surface area contributed by atoms with Crippen LogP contribution in [0.4, 0.5) is 0 Å². The monoisotopic (exact) mass is 214 g/mol. The van der Waals surface area contributed by atoms with Gasteiger partial charge in [-0.05, 0) is 32.7 Å². The highest BCUT2D eigenvalue weighted by molar-refractivity contribution is 5.76. The van der Waals surface area contributed by atoms with E-state index in [0.717, 1.165) is 12.8 Å². The number of carboxylic acids is 1. The Morgan fingerprint density at radius 3 is 2.67 bits per heavy atom. The first-order chi connectivity index (χ1) is 7.09. The van der Waals surface area contributed by atoms with Crippen molar-refractivity contribution in [3.05, 3.63) is 0 Å². The second-order valence-corrected chi connectivity index (χ2v) is 3.96. The maximum absolute atomic E-state index is 11.2. The smallest absolute Gasteiger partial charge is 0.320 e. The van der Waals surface area contributed by atoms with Crippen LogP contribution in [0.1, 0.15) is 32.6 Å². The second kappa shape index (κ2) is 5.70. The van der Waals surface area contributed by atoms with Crippen molar-refractivity contribution < 1.29 is 14.7 Å². The lowest BCUT2D eigenvalue weighted by Crippen LogP contribution is -2.35. The molecule has 0 bridgehead atoms. The molecule has 3 N–H and O–H groups in total. The Hall–Kier alpha value is -1.10. The van der Waals surface area contributed by atoms with E-state index in [1.807, 2.05) is 0 Å². The van der Waals surface area contributed by atoms with Crippen LogP contribution in [0.5, 0.6) is 0 Å². The molecule has 1 aliphatic rings. The number of hydrogen-bond acceptors (Lipinski definition) is 3. The Morgan fingerprint density at radius 2 is 2.13 bits per heavy atom. The largest absolute Gasteiger partial charge is 0.480 e. The predicted octanol–water partition coefficient (Wildman–Crippen LogP) is 0.108. The second-order valence-electron chi connectivity index (χ2n) is 3.96. The molecule has 1 fully saturated rings. The Labute approximate surface area is 89.2 Å². The molecule has 1 atom stereocenters. The summed E-state index contributed by atoms with van der Waals surface area (Å²) in [6.07, 6.45) is 3.34. The van der Waals surface area contributed by atoms with Crippen molar-refractivity contribution in [2.45, 2.75) is 44.7 Å². The minimum absolute atomic E-state index is 0.0716. The number of aliphatic carboxylic acids is 1. The average Bonchev–Trinajstić information content (AvgIpc) is 2.95. The molecule has 86 valence electrons. The van der Waals surface area contributed by atoms with Crippen molar-refractivity contribution in [1.82, 2.24) is 10.6 Å². The molecule has 5 heteroatoms. The van der Waals surface area contributed by atoms with E-state index < -0.39 is 12.0 Å². The molecule has 0 radical (unpaired) electrons. The number of rotatable bonds is 7. The first kappa shape index (κ1) is 12.0. The van der Waals surface area contributed by atoms with E-state index in [2.05, 4.69) is 10.6 Å². The van der Waals surface area contributed by atoms with Crippen molar-refractivity contribution in [3.8, 4) is 0 Å². The molecule has 0 aromatic rings. The zero-order valence-electron chi connectivity index (χ0n) is 8.95. The average molecular weight is 214 g/mol. The van der Waals surface area contributed by atoms with E-state index in [-0.39, 0.29) is 5.91 Å². The molecule has 1 rings (SSSR count). The molecule has 1 aliphatic carbocycles. The molecule has 1 amide bonds. The zero-order chi connectivity index (χ0) is 11.3. The molecular weight excluding hydrogens is 196 g/mol. The van der Waals surface area contributed by atoms with Gasteiger partial charge in [0.1, 0.15) is 6.04 Å². The van der Waals surface area contributed by atoms with Gasteiger partial charge >= 0.3 is 5.97 Å². The van der Waals surface area contributed by atoms with Crippen molar-refractivity contribution in [2.75, 3.05) is 6.54 Å². The highest BCUT2D eigenvalue weighted by Gasteiger charge is 2.22. The molecule has 0 aromatic carbocycles. The van der Waals surface area contributed by atoms with E-state index in [1.54, 1.807) is 6.92 Å². The van der Waals surface area contributed by atoms with E-state index in [0.29, 0.717) is 25.4 Å². The van der Waals surface area contributed by atoms with Crippen LogP contribution >= 0.6 is 0 Å². The van der Waals surface area contributed by atoms with E-state index >= 15 is 0 Å². The molecule has 0 saturated heterocycles. The number of nitrogens with one attached hydrogen (secondary N) is 2. The van der Waals surface area contributed by atoms with Gasteiger partial charge < -0.3 is 15.7 Å². The van der Waals surface area contributed by atoms with Gasteiger partial charge in [-0.3, -0.25) is 9.59 Å². The molecule has 5 nitrogen and oxygen atoms in total. The van der Waals surface area contributed by atoms with Gasteiger partial charge in [0.05, 0.1) is 0 Å². The quantitative estimate of drug-likeness (QED) is 0.525. The molecular formula is C10H18N2O3. The van der Waals surface area contributed by atoms with Crippen LogP contribution in [0.25, 0.3) is 0 Å². The third-order valence-electron chi connectivity index (χ3n) is 2.34. The van der Waals surface area contributed by atoms with E-state index in [1.165, 1.54) is 0 Å². The first-order valence-corrected chi connectivity index (χ1v) is 5.35. The molecule has 1 unspecified atom stereocenters. The third-order valence-corrected chi connectivity index (χ3v) is 2.34. The van der Waals surface area contributed by atoms with E-state index in [4.69, 9.17) is 5.11 Å². The summed E-state index contributed by atoms with van der Waals surface area (Å²) < 4.78 is 0. The maximum atomic E-state index is 11.2. The summed E-state index contributed by atoms with van der Waals surface area (Å²) in [5.41, 5.74) is 0. The summed E-state index contributed by atoms with van der Waals surface area (Å²) in [6, 6.07) is -0.139. The number of carboxylic acid groups (broad SMARTS) is 1.